The highest BCUT2D eigenvalue weighted by molar-refractivity contribution is 5.97. The minimum atomic E-state index is -2.60. The van der Waals surface area contributed by atoms with Gasteiger partial charge >= 0.3 is 0 Å². The molecule has 0 atom stereocenters. The fourth-order valence-electron chi connectivity index (χ4n) is 10.1. The van der Waals surface area contributed by atoms with E-state index in [1.807, 2.05) is 47.0 Å². The largest absolute Gasteiger partial charge is 0.507 e. The molecule has 0 saturated heterocycles. The molecule has 368 valence electrons. The van der Waals surface area contributed by atoms with E-state index < -0.39 is 30.4 Å². The van der Waals surface area contributed by atoms with E-state index in [0.29, 0.717) is 39.4 Å². The first-order valence-electron chi connectivity index (χ1n) is 29.6. The number of fused-ring (bicyclic) bond motifs is 1. The zero-order valence-corrected chi connectivity index (χ0v) is 44.9. The highest BCUT2D eigenvalue weighted by Gasteiger charge is 2.34. The second kappa shape index (κ2) is 19.1. The molecule has 0 saturated carbocycles. The average Bonchev–Trinajstić information content (AvgIpc) is 4.03. The van der Waals surface area contributed by atoms with E-state index in [-0.39, 0.29) is 50.6 Å². The van der Waals surface area contributed by atoms with Gasteiger partial charge in [0.05, 0.1) is 34.8 Å². The van der Waals surface area contributed by atoms with Crippen LogP contribution in [0.15, 0.2) is 133 Å². The van der Waals surface area contributed by atoms with E-state index in [2.05, 4.69) is 146 Å². The third-order valence-corrected chi connectivity index (χ3v) is 15.7. The van der Waals surface area contributed by atoms with Gasteiger partial charge < -0.3 is 5.11 Å². The molecule has 0 aliphatic carbocycles. The quantitative estimate of drug-likeness (QED) is 0.133. The fourth-order valence-corrected chi connectivity index (χ4v) is 10.1. The molecule has 0 amide bonds. The van der Waals surface area contributed by atoms with E-state index in [0.717, 1.165) is 70.2 Å². The molecule has 71 heavy (non-hydrogen) atoms. The number of rotatable bonds is 12. The van der Waals surface area contributed by atoms with Crippen LogP contribution in [0.3, 0.4) is 0 Å². The van der Waals surface area contributed by atoms with E-state index >= 15 is 0 Å². The van der Waals surface area contributed by atoms with Crippen LogP contribution >= 0.6 is 0 Å². The van der Waals surface area contributed by atoms with Crippen LogP contribution in [0, 0.1) is 6.85 Å². The molecule has 4 heteroatoms. The summed E-state index contributed by atoms with van der Waals surface area (Å²) in [6.07, 6.45) is 5.23. The van der Waals surface area contributed by atoms with Crippen molar-refractivity contribution in [1.82, 2.24) is 14.5 Å². The van der Waals surface area contributed by atoms with Crippen molar-refractivity contribution in [1.29, 1.82) is 0 Å². The van der Waals surface area contributed by atoms with Crippen LogP contribution in [0.25, 0.3) is 72.7 Å². The zero-order chi connectivity index (χ0) is 58.3. The molecule has 1 N–H and O–H groups in total. The van der Waals surface area contributed by atoms with Gasteiger partial charge in [-0.3, -0.25) is 9.55 Å². The SMILES string of the molecule is [2H]c1c([2H])c([2H])c(-c2ccnc(-c3cc(-c4cccc5c4nc(-c4cc(C(C)(C)C)cc(C(C)(C)C)c4O)n5-c4ccc(-c5c(C(C)(CC)CC)cccc5C(C)(CC)CC)cc4C([2H])([2H])[2H])cc(C(C)(C)C)c3)c2)c([2H])c1[2H]. The maximum atomic E-state index is 12.7. The number of nitrogens with zero attached hydrogens (tertiary/aromatic N) is 3. The topological polar surface area (TPSA) is 50.9 Å². The third kappa shape index (κ3) is 9.64. The molecule has 0 unspecified atom stereocenters. The fraction of sp³-hybridized carbons (Fsp3) is 0.373. The van der Waals surface area contributed by atoms with Crippen LogP contribution in [-0.2, 0) is 27.1 Å². The Morgan fingerprint density at radius 2 is 1.15 bits per heavy atom. The highest BCUT2D eigenvalue weighted by Crippen LogP contribution is 2.48. The molecule has 2 heterocycles. The lowest BCUT2D eigenvalue weighted by Gasteiger charge is -2.36. The van der Waals surface area contributed by atoms with Crippen LogP contribution < -0.4 is 0 Å². The average molecular weight is 950 g/mol. The van der Waals surface area contributed by atoms with E-state index in [4.69, 9.17) is 16.8 Å². The molecular formula is C67H79N3O. The van der Waals surface area contributed by atoms with Crippen LogP contribution in [0.5, 0.6) is 5.75 Å². The Labute approximate surface area is 437 Å². The van der Waals surface area contributed by atoms with Crippen LogP contribution in [0.4, 0.5) is 0 Å². The van der Waals surface area contributed by atoms with Gasteiger partial charge in [0.15, 0.2) is 0 Å². The number of aromatic hydroxyl groups is 1. The van der Waals surface area contributed by atoms with Gasteiger partial charge in [-0.2, -0.15) is 0 Å². The standard InChI is InChI=1S/C67H79N3O/c1-17-66(15,18-2)53-29-25-30-54(67(16,19-3)20-4)59(53)46-32-33-57(43(5)36-46)70-58-31-24-28-51(60(58)69-62(70)52-41-50(64(9,10)11)42-55(61(52)71)65(12,13)14)47-37-48(39-49(38-47)63(6,7)8)56-40-45(34-35-68-56)44-26-22-21-23-27-44/h21-42,71H,17-20H2,1-16H3/i5D3,21D,22D,23D,26D,27D. The van der Waals surface area contributed by atoms with Crippen molar-refractivity contribution in [3.63, 3.8) is 0 Å². The van der Waals surface area contributed by atoms with Gasteiger partial charge in [0, 0.05) is 27.0 Å². The van der Waals surface area contributed by atoms with Gasteiger partial charge in [0.25, 0.3) is 0 Å². The smallest absolute Gasteiger partial charge is 0.149 e. The number of aromatic nitrogens is 3. The number of phenolic OH excluding ortho intramolecular Hbond substituents is 1. The first-order chi connectivity index (χ1) is 36.7. The molecule has 0 aliphatic heterocycles. The maximum Gasteiger partial charge on any atom is 0.149 e. The van der Waals surface area contributed by atoms with Gasteiger partial charge in [0.1, 0.15) is 11.6 Å². The van der Waals surface area contributed by atoms with Crippen molar-refractivity contribution < 1.29 is 16.1 Å². The predicted molar refractivity (Wildman–Crippen MR) is 304 cm³/mol. The number of benzene rings is 6. The Hall–Kier alpha value is -6.26. The summed E-state index contributed by atoms with van der Waals surface area (Å²) in [5.41, 5.74) is 11.2. The summed E-state index contributed by atoms with van der Waals surface area (Å²) in [6.45, 7) is 30.0. The molecule has 0 bridgehead atoms. The molecule has 0 aliphatic rings. The van der Waals surface area contributed by atoms with Crippen molar-refractivity contribution in [2.24, 2.45) is 0 Å². The molecule has 4 nitrogen and oxygen atoms in total. The Morgan fingerprint density at radius 3 is 1.75 bits per heavy atom. The summed E-state index contributed by atoms with van der Waals surface area (Å²) in [7, 11) is 0. The second-order valence-corrected chi connectivity index (χ2v) is 23.3. The predicted octanol–water partition coefficient (Wildman–Crippen LogP) is 18.8. The van der Waals surface area contributed by atoms with Gasteiger partial charge in [-0.1, -0.05) is 183 Å². The Kier molecular flexibility index (Phi) is 11.1. The molecule has 6 aromatic carbocycles. The molecule has 8 rings (SSSR count). The molecule has 0 spiro atoms. The number of imidazole rings is 1. The Balaban J connectivity index is 1.49. The second-order valence-electron chi connectivity index (χ2n) is 23.3. The summed E-state index contributed by atoms with van der Waals surface area (Å²) in [5, 5.41) is 12.7. The van der Waals surface area contributed by atoms with Crippen LogP contribution in [0.2, 0.25) is 0 Å². The number of para-hydroxylation sites is 1. The Bertz CT molecular complexity index is 3590. The Morgan fingerprint density at radius 1 is 0.549 bits per heavy atom. The summed E-state index contributed by atoms with van der Waals surface area (Å²) in [5.74, 6) is 0.466. The normalized spacial score (nSPS) is 14.6. The van der Waals surface area contributed by atoms with E-state index in [1.165, 1.54) is 11.1 Å². The zero-order valence-electron chi connectivity index (χ0n) is 52.9. The summed E-state index contributed by atoms with van der Waals surface area (Å²) >= 11 is 0. The number of phenols is 1. The number of aryl methyl sites for hydroxylation is 1. The minimum Gasteiger partial charge on any atom is -0.507 e. The summed E-state index contributed by atoms with van der Waals surface area (Å²) in [4.78, 5) is 10.4. The molecule has 0 radical (unpaired) electrons. The maximum absolute atomic E-state index is 12.7. The molecule has 2 aromatic heterocycles. The third-order valence-electron chi connectivity index (χ3n) is 15.7. The highest BCUT2D eigenvalue weighted by atomic mass is 16.3. The lowest BCUT2D eigenvalue weighted by Crippen LogP contribution is -2.25. The summed E-state index contributed by atoms with van der Waals surface area (Å²) < 4.78 is 72.7. The van der Waals surface area contributed by atoms with Crippen molar-refractivity contribution in [2.45, 2.75) is 163 Å². The van der Waals surface area contributed by atoms with Crippen LogP contribution in [-0.4, -0.2) is 19.6 Å². The minimum absolute atomic E-state index is 0.0724. The van der Waals surface area contributed by atoms with Crippen molar-refractivity contribution in [2.75, 3.05) is 0 Å². The lowest BCUT2D eigenvalue weighted by molar-refractivity contribution is 0.426. The molecule has 0 fully saturated rings. The monoisotopic (exact) mass is 950 g/mol. The first kappa shape index (κ1) is 41.4. The summed E-state index contributed by atoms with van der Waals surface area (Å²) in [6, 6.07) is 30.4. The van der Waals surface area contributed by atoms with Crippen LogP contribution in [0.1, 0.15) is 174 Å². The van der Waals surface area contributed by atoms with Crippen molar-refractivity contribution in [3.8, 4) is 67.5 Å². The lowest BCUT2D eigenvalue weighted by atomic mass is 9.68. The number of hydrogen-bond acceptors (Lipinski definition) is 3. The van der Waals surface area contributed by atoms with E-state index in [1.54, 1.807) is 18.3 Å². The van der Waals surface area contributed by atoms with Gasteiger partial charge in [0.2, 0.25) is 0 Å². The van der Waals surface area contributed by atoms with Crippen molar-refractivity contribution in [3.05, 3.63) is 167 Å². The van der Waals surface area contributed by atoms with Gasteiger partial charge in [-0.25, -0.2) is 4.98 Å². The van der Waals surface area contributed by atoms with Gasteiger partial charge in [-0.15, -0.1) is 0 Å². The van der Waals surface area contributed by atoms with E-state index in [9.17, 15) is 9.22 Å². The van der Waals surface area contributed by atoms with Crippen molar-refractivity contribution >= 4 is 11.0 Å². The number of pyridine rings is 1. The first-order valence-corrected chi connectivity index (χ1v) is 25.6. The van der Waals surface area contributed by atoms with Gasteiger partial charge in [-0.05, 0) is 164 Å². The molecule has 8 aromatic rings. The number of hydrogen-bond donors (Lipinski definition) is 1. The molecular weight excluding hydrogens is 863 g/mol.